The molecule has 0 aliphatic carbocycles. The van der Waals surface area contributed by atoms with E-state index in [1.807, 2.05) is 30.3 Å². The number of rotatable bonds is 4. The Hall–Kier alpha value is -3.92. The van der Waals surface area contributed by atoms with Crippen LogP contribution in [0.1, 0.15) is 11.1 Å². The normalized spacial score (nSPS) is 15.1. The summed E-state index contributed by atoms with van der Waals surface area (Å²) >= 11 is 0. The number of nitrogens with zero attached hydrogens (tertiary/aromatic N) is 1. The van der Waals surface area contributed by atoms with Crippen molar-refractivity contribution in [2.75, 3.05) is 11.1 Å². The number of nitrogens with one attached hydrogen (secondary N) is 1. The van der Waals surface area contributed by atoms with Crippen LogP contribution < -0.4 is 11.1 Å². The van der Waals surface area contributed by atoms with E-state index in [4.69, 9.17) is 5.73 Å². The van der Waals surface area contributed by atoms with Gasteiger partial charge in [0.25, 0.3) is 0 Å². The van der Waals surface area contributed by atoms with Gasteiger partial charge in [0.15, 0.2) is 0 Å². The second-order valence-electron chi connectivity index (χ2n) is 7.39. The van der Waals surface area contributed by atoms with Gasteiger partial charge in [0.2, 0.25) is 0 Å². The van der Waals surface area contributed by atoms with Crippen LogP contribution in [0, 0.1) is 0 Å². The molecule has 0 bridgehead atoms. The largest absolute Gasteiger partial charge is 0.397 e. The summed E-state index contributed by atoms with van der Waals surface area (Å²) in [6.45, 7) is 0.109. The smallest absolute Gasteiger partial charge is 0.322 e. The van der Waals surface area contributed by atoms with Crippen molar-refractivity contribution in [1.29, 1.82) is 0 Å². The Morgan fingerprint density at radius 1 is 0.733 bits per heavy atom. The first kappa shape index (κ1) is 18.1. The minimum atomic E-state index is 0.109. The fourth-order valence-corrected chi connectivity index (χ4v) is 4.04. The van der Waals surface area contributed by atoms with Crippen molar-refractivity contribution in [2.45, 2.75) is 0 Å². The Kier molecular flexibility index (Phi) is 4.74. The predicted molar refractivity (Wildman–Crippen MR) is 128 cm³/mol. The van der Waals surface area contributed by atoms with E-state index in [-0.39, 0.29) is 6.85 Å². The molecule has 0 aromatic heterocycles. The van der Waals surface area contributed by atoms with Crippen LogP contribution in [0.2, 0.25) is 0 Å². The molecule has 3 nitrogen and oxygen atoms in total. The second-order valence-corrected chi connectivity index (χ2v) is 7.39. The van der Waals surface area contributed by atoms with E-state index in [0.29, 0.717) is 0 Å². The maximum absolute atomic E-state index is 6.30. The van der Waals surface area contributed by atoms with Gasteiger partial charge >= 0.3 is 6.85 Å². The van der Waals surface area contributed by atoms with Crippen LogP contribution >= 0.6 is 0 Å². The molecule has 2 aliphatic rings. The molecule has 0 fully saturated rings. The third-order valence-corrected chi connectivity index (χ3v) is 5.49. The standard InChI is InChI=1S/C26H22BN3/c28-23-15-7-8-16-24(23)29-26-22(20-11-3-1-4-12-20)19-30-18-10-9-17-27(30)25(26)21-13-5-2-6-14-21/h1-19,29H,28H2. The zero-order chi connectivity index (χ0) is 20.3. The molecule has 3 aromatic rings. The second kappa shape index (κ2) is 7.84. The Bertz CT molecular complexity index is 1180. The Labute approximate surface area is 177 Å². The zero-order valence-electron chi connectivity index (χ0n) is 16.6. The minimum absolute atomic E-state index is 0.109. The molecule has 2 heterocycles. The number of allylic oxidation sites excluding steroid dienone is 3. The number of benzene rings is 3. The summed E-state index contributed by atoms with van der Waals surface area (Å²) in [5.41, 5.74) is 13.7. The number of hydrogen-bond acceptors (Lipinski definition) is 3. The summed E-state index contributed by atoms with van der Waals surface area (Å²) in [6.07, 6.45) is 8.53. The van der Waals surface area contributed by atoms with Crippen molar-refractivity contribution in [3.8, 4) is 0 Å². The average molecular weight is 387 g/mol. The number of hydrogen-bond donors (Lipinski definition) is 2. The van der Waals surface area contributed by atoms with Gasteiger partial charge in [-0.1, -0.05) is 84.8 Å². The SMILES string of the molecule is Nc1ccccc1NC1=C(c2ccccc2)B2C=CC=CN2C=C1c1ccccc1. The van der Waals surface area contributed by atoms with Gasteiger partial charge < -0.3 is 15.9 Å². The predicted octanol–water partition coefficient (Wildman–Crippen LogP) is 5.60. The number of fused-ring (bicyclic) bond motifs is 1. The van der Waals surface area contributed by atoms with Gasteiger partial charge in [0, 0.05) is 17.5 Å². The molecule has 4 heteroatoms. The maximum atomic E-state index is 6.30. The number of anilines is 2. The average Bonchev–Trinajstić information content (AvgIpc) is 2.81. The monoisotopic (exact) mass is 387 g/mol. The summed E-state index contributed by atoms with van der Waals surface area (Å²) < 4.78 is 0. The summed E-state index contributed by atoms with van der Waals surface area (Å²) in [6, 6.07) is 29.0. The van der Waals surface area contributed by atoms with Crippen molar-refractivity contribution in [3.63, 3.8) is 0 Å². The van der Waals surface area contributed by atoms with Crippen molar-refractivity contribution in [1.82, 2.24) is 4.81 Å². The van der Waals surface area contributed by atoms with Gasteiger partial charge in [0.05, 0.1) is 11.4 Å². The minimum Gasteiger partial charge on any atom is -0.397 e. The van der Waals surface area contributed by atoms with E-state index in [1.54, 1.807) is 0 Å². The number of para-hydroxylation sites is 2. The molecule has 0 amide bonds. The Morgan fingerprint density at radius 2 is 1.40 bits per heavy atom. The molecule has 30 heavy (non-hydrogen) atoms. The molecule has 3 N–H and O–H groups in total. The lowest BCUT2D eigenvalue weighted by Gasteiger charge is -2.35. The van der Waals surface area contributed by atoms with E-state index in [0.717, 1.165) is 28.2 Å². The maximum Gasteiger partial charge on any atom is 0.322 e. The molecule has 3 aromatic carbocycles. The first-order chi connectivity index (χ1) is 14.8. The van der Waals surface area contributed by atoms with Gasteiger partial charge in [-0.05, 0) is 41.0 Å². The quantitative estimate of drug-likeness (QED) is 0.452. The molecule has 5 rings (SSSR count). The van der Waals surface area contributed by atoms with Crippen LogP contribution in [-0.2, 0) is 0 Å². The lowest BCUT2D eigenvalue weighted by atomic mass is 9.49. The van der Waals surface area contributed by atoms with Crippen LogP contribution in [0.4, 0.5) is 11.4 Å². The van der Waals surface area contributed by atoms with Crippen molar-refractivity contribution in [3.05, 3.63) is 132 Å². The molecule has 144 valence electrons. The molecule has 0 atom stereocenters. The lowest BCUT2D eigenvalue weighted by Crippen LogP contribution is -2.37. The summed E-state index contributed by atoms with van der Waals surface area (Å²) in [7, 11) is 0. The molecular weight excluding hydrogens is 365 g/mol. The summed E-state index contributed by atoms with van der Waals surface area (Å²) in [5.74, 6) is 2.23. The van der Waals surface area contributed by atoms with Gasteiger partial charge in [-0.15, -0.1) is 0 Å². The van der Waals surface area contributed by atoms with Gasteiger partial charge in [0.1, 0.15) is 0 Å². The highest BCUT2D eigenvalue weighted by Gasteiger charge is 2.33. The highest BCUT2D eigenvalue weighted by atomic mass is 15.0. The topological polar surface area (TPSA) is 41.3 Å². The van der Waals surface area contributed by atoms with Crippen LogP contribution in [0.5, 0.6) is 0 Å². The van der Waals surface area contributed by atoms with Crippen LogP contribution in [0.25, 0.3) is 11.0 Å². The third-order valence-electron chi connectivity index (χ3n) is 5.49. The molecule has 0 spiro atoms. The highest BCUT2D eigenvalue weighted by molar-refractivity contribution is 6.82. The van der Waals surface area contributed by atoms with Crippen LogP contribution in [0.15, 0.2) is 121 Å². The lowest BCUT2D eigenvalue weighted by molar-refractivity contribution is 0.794. The van der Waals surface area contributed by atoms with Crippen LogP contribution in [0.3, 0.4) is 0 Å². The summed E-state index contributed by atoms with van der Waals surface area (Å²) in [5, 5.41) is 3.68. The van der Waals surface area contributed by atoms with Gasteiger partial charge in [-0.25, -0.2) is 0 Å². The number of nitrogens with two attached hydrogens (primary N) is 1. The molecule has 0 radical (unpaired) electrons. The molecule has 0 saturated heterocycles. The van der Waals surface area contributed by atoms with E-state index in [9.17, 15) is 0 Å². The van der Waals surface area contributed by atoms with Crippen molar-refractivity contribution >= 4 is 29.3 Å². The van der Waals surface area contributed by atoms with Crippen molar-refractivity contribution < 1.29 is 0 Å². The fraction of sp³-hybridized carbons (Fsp3) is 0. The van der Waals surface area contributed by atoms with Gasteiger partial charge in [-0.3, -0.25) is 0 Å². The third kappa shape index (κ3) is 3.33. The Balaban J connectivity index is 1.75. The van der Waals surface area contributed by atoms with Crippen molar-refractivity contribution in [2.24, 2.45) is 0 Å². The zero-order valence-corrected chi connectivity index (χ0v) is 16.6. The highest BCUT2D eigenvalue weighted by Crippen LogP contribution is 2.39. The molecule has 0 unspecified atom stereocenters. The fourth-order valence-electron chi connectivity index (χ4n) is 4.04. The van der Waals surface area contributed by atoms with Crippen LogP contribution in [-0.4, -0.2) is 11.7 Å². The molecule has 2 aliphatic heterocycles. The van der Waals surface area contributed by atoms with E-state index >= 15 is 0 Å². The molecular formula is C26H22BN3. The van der Waals surface area contributed by atoms with E-state index in [2.05, 4.69) is 95.3 Å². The van der Waals surface area contributed by atoms with E-state index < -0.39 is 0 Å². The molecule has 0 saturated carbocycles. The summed E-state index contributed by atoms with van der Waals surface area (Å²) in [4.78, 5) is 2.27. The number of nitrogen functional groups attached to an aromatic ring is 1. The first-order valence-corrected chi connectivity index (χ1v) is 10.1. The van der Waals surface area contributed by atoms with E-state index in [1.165, 1.54) is 11.0 Å². The Morgan fingerprint density at radius 3 is 2.13 bits per heavy atom. The van der Waals surface area contributed by atoms with Gasteiger partial charge in [-0.2, -0.15) is 0 Å². The first-order valence-electron chi connectivity index (χ1n) is 10.1.